The maximum atomic E-state index is 13.8. The smallest absolute Gasteiger partial charge is 0.330 e. The van der Waals surface area contributed by atoms with E-state index in [1.165, 1.54) is 30.9 Å². The highest BCUT2D eigenvalue weighted by Gasteiger charge is 2.49. The third-order valence-electron chi connectivity index (χ3n) is 7.35. The molecule has 2 atom stereocenters. The lowest BCUT2D eigenvalue weighted by Crippen LogP contribution is -2.55. The normalized spacial score (nSPS) is 16.4. The van der Waals surface area contributed by atoms with Gasteiger partial charge >= 0.3 is 5.97 Å². The maximum Gasteiger partial charge on any atom is 0.330 e. The number of methoxy groups -OCH3 is 1. The first-order valence-electron chi connectivity index (χ1n) is 13.7. The van der Waals surface area contributed by atoms with E-state index in [4.69, 9.17) is 9.47 Å². The van der Waals surface area contributed by atoms with Crippen LogP contribution in [0.5, 0.6) is 5.75 Å². The van der Waals surface area contributed by atoms with Crippen LogP contribution in [-0.2, 0) is 27.4 Å². The molecular formula is C35H32FNO4. The van der Waals surface area contributed by atoms with Crippen molar-refractivity contribution in [2.75, 3.05) is 12.0 Å². The molecule has 1 aliphatic heterocycles. The van der Waals surface area contributed by atoms with E-state index in [0.717, 1.165) is 29.5 Å². The van der Waals surface area contributed by atoms with Crippen LogP contribution in [0, 0.1) is 11.7 Å². The largest absolute Gasteiger partial charge is 0.489 e. The van der Waals surface area contributed by atoms with Crippen LogP contribution in [0.3, 0.4) is 0 Å². The van der Waals surface area contributed by atoms with E-state index >= 15 is 0 Å². The topological polar surface area (TPSA) is 55.8 Å². The van der Waals surface area contributed by atoms with Crippen LogP contribution < -0.4 is 9.64 Å². The molecule has 0 radical (unpaired) electrons. The van der Waals surface area contributed by atoms with E-state index in [1.54, 1.807) is 23.1 Å². The number of carbonyl (C=O) groups is 2. The molecule has 2 unspecified atom stereocenters. The third-order valence-corrected chi connectivity index (χ3v) is 7.35. The van der Waals surface area contributed by atoms with Gasteiger partial charge in [0.05, 0.1) is 19.1 Å². The minimum absolute atomic E-state index is 0.0124. The number of benzene rings is 4. The van der Waals surface area contributed by atoms with E-state index in [-0.39, 0.29) is 23.7 Å². The van der Waals surface area contributed by atoms with Gasteiger partial charge < -0.3 is 14.4 Å². The summed E-state index contributed by atoms with van der Waals surface area (Å²) in [6.45, 7) is 0.341. The number of nitrogens with zero attached hydrogens (tertiary/aromatic N) is 1. The lowest BCUT2D eigenvalue weighted by molar-refractivity contribution is -0.134. The number of β-lactam (4-membered cyclic amide) rings is 1. The Morgan fingerprint density at radius 1 is 0.902 bits per heavy atom. The summed E-state index contributed by atoms with van der Waals surface area (Å²) in [4.78, 5) is 27.0. The fourth-order valence-corrected chi connectivity index (χ4v) is 5.24. The Bertz CT molecular complexity index is 1500. The van der Waals surface area contributed by atoms with E-state index in [0.29, 0.717) is 24.5 Å². The highest BCUT2D eigenvalue weighted by molar-refractivity contribution is 6.03. The zero-order valence-electron chi connectivity index (χ0n) is 22.9. The van der Waals surface area contributed by atoms with Gasteiger partial charge in [0.1, 0.15) is 18.2 Å². The van der Waals surface area contributed by atoms with Gasteiger partial charge in [0.25, 0.3) is 0 Å². The summed E-state index contributed by atoms with van der Waals surface area (Å²) in [5.74, 6) is -0.422. The number of halogens is 1. The number of esters is 1. The summed E-state index contributed by atoms with van der Waals surface area (Å²) in [5.41, 5.74) is 4.52. The molecular weight excluding hydrogens is 517 g/mol. The molecule has 4 aromatic rings. The first-order valence-corrected chi connectivity index (χ1v) is 13.7. The number of aryl methyl sites for hydroxylation is 1. The lowest BCUT2D eigenvalue weighted by atomic mass is 9.78. The van der Waals surface area contributed by atoms with Gasteiger partial charge in [-0.1, -0.05) is 72.8 Å². The fraction of sp³-hybridized carbons (Fsp3) is 0.200. The Balaban J connectivity index is 1.47. The summed E-state index contributed by atoms with van der Waals surface area (Å²) >= 11 is 0. The van der Waals surface area contributed by atoms with Crippen molar-refractivity contribution in [2.45, 2.75) is 31.9 Å². The van der Waals surface area contributed by atoms with Crippen LogP contribution >= 0.6 is 0 Å². The summed E-state index contributed by atoms with van der Waals surface area (Å²) in [6, 6.07) is 31.6. The summed E-state index contributed by atoms with van der Waals surface area (Å²) < 4.78 is 24.9. The van der Waals surface area contributed by atoms with Gasteiger partial charge in [-0.15, -0.1) is 0 Å². The van der Waals surface area contributed by atoms with Crippen LogP contribution in [0.2, 0.25) is 0 Å². The molecule has 0 spiro atoms. The van der Waals surface area contributed by atoms with Crippen molar-refractivity contribution in [1.82, 2.24) is 0 Å². The van der Waals surface area contributed by atoms with Gasteiger partial charge in [-0.25, -0.2) is 9.18 Å². The minimum atomic E-state index is -0.452. The van der Waals surface area contributed by atoms with Gasteiger partial charge in [0.15, 0.2) is 0 Å². The van der Waals surface area contributed by atoms with Gasteiger partial charge in [-0.3, -0.25) is 4.79 Å². The summed E-state index contributed by atoms with van der Waals surface area (Å²) in [7, 11) is 1.33. The molecule has 5 nitrogen and oxygen atoms in total. The van der Waals surface area contributed by atoms with Gasteiger partial charge in [0, 0.05) is 17.3 Å². The Morgan fingerprint density at radius 3 is 2.27 bits per heavy atom. The first kappa shape index (κ1) is 27.8. The second-order valence-corrected chi connectivity index (χ2v) is 10.0. The number of hydrogen-bond donors (Lipinski definition) is 0. The van der Waals surface area contributed by atoms with Crippen molar-refractivity contribution in [1.29, 1.82) is 0 Å². The minimum Gasteiger partial charge on any atom is -0.489 e. The van der Waals surface area contributed by atoms with Crippen molar-refractivity contribution in [3.05, 3.63) is 137 Å². The zero-order valence-corrected chi connectivity index (χ0v) is 22.9. The Kier molecular flexibility index (Phi) is 8.89. The SMILES string of the molecule is COC(=O)C=Cc1ccc(C2C(CCCc3ccccc3)C(=O)N2c2ccc(F)cc2)c(OCc2ccccc2)c1. The molecule has 41 heavy (non-hydrogen) atoms. The van der Waals surface area contributed by atoms with E-state index in [2.05, 4.69) is 12.1 Å². The van der Waals surface area contributed by atoms with Gasteiger partial charge in [0.2, 0.25) is 5.91 Å². The van der Waals surface area contributed by atoms with Crippen LogP contribution in [0.15, 0.2) is 109 Å². The summed E-state index contributed by atoms with van der Waals surface area (Å²) in [5, 5.41) is 0. The predicted molar refractivity (Wildman–Crippen MR) is 158 cm³/mol. The number of anilines is 1. The van der Waals surface area contributed by atoms with Crippen LogP contribution in [-0.4, -0.2) is 19.0 Å². The first-order chi connectivity index (χ1) is 20.0. The molecule has 1 saturated heterocycles. The molecule has 208 valence electrons. The van der Waals surface area contributed by atoms with Gasteiger partial charge in [-0.05, 0) is 72.4 Å². The highest BCUT2D eigenvalue weighted by Crippen LogP contribution is 2.48. The second-order valence-electron chi connectivity index (χ2n) is 10.0. The van der Waals surface area contributed by atoms with Crippen LogP contribution in [0.25, 0.3) is 6.08 Å². The van der Waals surface area contributed by atoms with Crippen LogP contribution in [0.4, 0.5) is 10.1 Å². The number of hydrogen-bond acceptors (Lipinski definition) is 4. The maximum absolute atomic E-state index is 13.8. The second kappa shape index (κ2) is 13.1. The fourth-order valence-electron chi connectivity index (χ4n) is 5.24. The molecule has 1 amide bonds. The molecule has 4 aromatic carbocycles. The van der Waals surface area contributed by atoms with Crippen molar-refractivity contribution in [3.8, 4) is 5.75 Å². The quantitative estimate of drug-likeness (QED) is 0.112. The Hall–Kier alpha value is -4.71. The molecule has 0 aromatic heterocycles. The highest BCUT2D eigenvalue weighted by atomic mass is 19.1. The molecule has 0 saturated carbocycles. The molecule has 1 heterocycles. The molecule has 1 aliphatic rings. The van der Waals surface area contributed by atoms with Crippen molar-refractivity contribution < 1.29 is 23.5 Å². The van der Waals surface area contributed by atoms with E-state index < -0.39 is 5.97 Å². The van der Waals surface area contributed by atoms with Crippen LogP contribution in [0.1, 0.15) is 41.1 Å². The van der Waals surface area contributed by atoms with Gasteiger partial charge in [-0.2, -0.15) is 0 Å². The number of amides is 1. The summed E-state index contributed by atoms with van der Waals surface area (Å²) in [6.07, 6.45) is 5.47. The number of carbonyl (C=O) groups excluding carboxylic acids is 2. The predicted octanol–water partition coefficient (Wildman–Crippen LogP) is 7.32. The molecule has 6 heteroatoms. The Morgan fingerprint density at radius 2 is 1.59 bits per heavy atom. The molecule has 0 N–H and O–H groups in total. The van der Waals surface area contributed by atoms with Crippen molar-refractivity contribution >= 4 is 23.6 Å². The average Bonchev–Trinajstić information content (AvgIpc) is 3.01. The monoisotopic (exact) mass is 549 g/mol. The molecule has 0 bridgehead atoms. The molecule has 5 rings (SSSR count). The van der Waals surface area contributed by atoms with E-state index in [1.807, 2.05) is 66.7 Å². The van der Waals surface area contributed by atoms with Crippen molar-refractivity contribution in [3.63, 3.8) is 0 Å². The standard InChI is InChI=1S/C35H32FNO4/c1-40-33(38)22-16-26-15-21-30(32(23-26)41-24-27-11-6-3-7-12-27)34-31(14-8-13-25-9-4-2-5-10-25)35(39)37(34)29-19-17-28(36)18-20-29/h2-7,9-12,15-23,31,34H,8,13-14,24H2,1H3. The van der Waals surface area contributed by atoms with E-state index in [9.17, 15) is 14.0 Å². The number of ether oxygens (including phenoxy) is 2. The lowest BCUT2D eigenvalue weighted by Gasteiger charge is -2.48. The molecule has 1 fully saturated rings. The zero-order chi connectivity index (χ0) is 28.6. The number of rotatable bonds is 11. The molecule has 0 aliphatic carbocycles. The average molecular weight is 550 g/mol. The third kappa shape index (κ3) is 6.72. The Labute approximate surface area is 239 Å². The van der Waals surface area contributed by atoms with Crippen molar-refractivity contribution in [2.24, 2.45) is 5.92 Å².